The quantitative estimate of drug-likeness (QED) is 0.764. The Morgan fingerprint density at radius 1 is 1.27 bits per heavy atom. The van der Waals surface area contributed by atoms with Crippen LogP contribution in [-0.2, 0) is 4.74 Å². The summed E-state index contributed by atoms with van der Waals surface area (Å²) < 4.78 is 11.1. The molecular weight excluding hydrogens is 334 g/mol. The zero-order chi connectivity index (χ0) is 18.3. The molecule has 2 aromatic heterocycles. The van der Waals surface area contributed by atoms with Crippen molar-refractivity contribution in [2.75, 3.05) is 19.8 Å². The second-order valence-electron chi connectivity index (χ2n) is 6.45. The molecule has 0 bridgehead atoms. The van der Waals surface area contributed by atoms with Crippen LogP contribution in [-0.4, -0.2) is 40.5 Å². The molecule has 1 aliphatic rings. The average molecular weight is 353 g/mol. The Kier molecular flexibility index (Phi) is 4.08. The molecule has 26 heavy (non-hydrogen) atoms. The minimum Gasteiger partial charge on any atom is -0.461 e. The number of aromatic amines is 1. The monoisotopic (exact) mass is 353 g/mol. The predicted molar refractivity (Wildman–Crippen MR) is 95.1 cm³/mol. The molecule has 134 valence electrons. The van der Waals surface area contributed by atoms with Gasteiger partial charge in [-0.1, -0.05) is 0 Å². The van der Waals surface area contributed by atoms with Crippen LogP contribution in [0.25, 0.3) is 11.0 Å². The molecule has 1 aliphatic heterocycles. The Morgan fingerprint density at radius 3 is 2.92 bits per heavy atom. The van der Waals surface area contributed by atoms with Crippen LogP contribution in [0.2, 0.25) is 0 Å². The molecule has 1 N–H and O–H groups in total. The lowest BCUT2D eigenvalue weighted by molar-refractivity contribution is -0.00400. The van der Waals surface area contributed by atoms with Crippen molar-refractivity contribution in [2.24, 2.45) is 0 Å². The number of furan rings is 1. The maximum absolute atomic E-state index is 13.1. The summed E-state index contributed by atoms with van der Waals surface area (Å²) in [5.41, 5.74) is 1.64. The lowest BCUT2D eigenvalue weighted by Crippen LogP contribution is -2.44. The molecule has 3 heterocycles. The maximum Gasteiger partial charge on any atom is 0.254 e. The van der Waals surface area contributed by atoms with Crippen molar-refractivity contribution >= 4 is 16.9 Å². The second kappa shape index (κ2) is 6.42. The molecule has 7 heteroatoms. The highest BCUT2D eigenvalue weighted by atomic mass is 16.5. The fourth-order valence-corrected chi connectivity index (χ4v) is 3.34. The van der Waals surface area contributed by atoms with Gasteiger partial charge in [0, 0.05) is 23.6 Å². The first-order valence-corrected chi connectivity index (χ1v) is 8.48. The van der Waals surface area contributed by atoms with E-state index >= 15 is 0 Å². The normalized spacial score (nSPS) is 17.6. The van der Waals surface area contributed by atoms with Crippen LogP contribution in [0.15, 0.2) is 39.5 Å². The number of hydrogen-bond donors (Lipinski definition) is 1. The number of morpholine rings is 1. The molecule has 0 spiro atoms. The molecule has 0 saturated carbocycles. The SMILES string of the molecule is Cc1nc(C2COCCN2C(=O)c2ccc3oc(C)cc3c2)cc(=O)[nH]1. The number of carbonyl (C=O) groups excluding carboxylic acids is 1. The number of hydrogen-bond acceptors (Lipinski definition) is 5. The van der Waals surface area contributed by atoms with Gasteiger partial charge in [0.25, 0.3) is 11.5 Å². The number of rotatable bonds is 2. The Balaban J connectivity index is 1.70. The van der Waals surface area contributed by atoms with Crippen LogP contribution in [0.5, 0.6) is 0 Å². The van der Waals surface area contributed by atoms with E-state index in [0.717, 1.165) is 16.7 Å². The van der Waals surface area contributed by atoms with Gasteiger partial charge in [0.15, 0.2) is 0 Å². The summed E-state index contributed by atoms with van der Waals surface area (Å²) in [6.07, 6.45) is 0. The van der Waals surface area contributed by atoms with E-state index in [1.54, 1.807) is 24.0 Å². The molecule has 1 aromatic carbocycles. The summed E-state index contributed by atoms with van der Waals surface area (Å²) in [5, 5.41) is 0.892. The van der Waals surface area contributed by atoms with E-state index in [2.05, 4.69) is 9.97 Å². The van der Waals surface area contributed by atoms with E-state index in [-0.39, 0.29) is 17.5 Å². The zero-order valence-corrected chi connectivity index (χ0v) is 14.6. The largest absolute Gasteiger partial charge is 0.461 e. The highest BCUT2D eigenvalue weighted by molar-refractivity contribution is 5.98. The first kappa shape index (κ1) is 16.5. The number of nitrogens with zero attached hydrogens (tertiary/aromatic N) is 2. The number of carbonyl (C=O) groups is 1. The standard InChI is InChI=1S/C19H19N3O4/c1-11-7-14-8-13(3-4-17(14)26-11)19(24)22-5-6-25-10-16(22)15-9-18(23)21-12(2)20-15/h3-4,7-9,16H,5-6,10H2,1-2H3,(H,20,21,23). The van der Waals surface area contributed by atoms with Crippen molar-refractivity contribution in [3.63, 3.8) is 0 Å². The minimum absolute atomic E-state index is 0.112. The van der Waals surface area contributed by atoms with Crippen LogP contribution in [0.4, 0.5) is 0 Å². The molecular formula is C19H19N3O4. The van der Waals surface area contributed by atoms with E-state index in [1.807, 2.05) is 19.1 Å². The Hall–Kier alpha value is -2.93. The lowest BCUT2D eigenvalue weighted by Gasteiger charge is -2.35. The van der Waals surface area contributed by atoms with Gasteiger partial charge in [0.05, 0.1) is 24.9 Å². The molecule has 0 aliphatic carbocycles. The maximum atomic E-state index is 13.1. The fourth-order valence-electron chi connectivity index (χ4n) is 3.34. The highest BCUT2D eigenvalue weighted by Gasteiger charge is 2.31. The van der Waals surface area contributed by atoms with Crippen LogP contribution >= 0.6 is 0 Å². The third-order valence-electron chi connectivity index (χ3n) is 4.50. The minimum atomic E-state index is -0.390. The summed E-state index contributed by atoms with van der Waals surface area (Å²) in [6, 6.07) is 8.34. The van der Waals surface area contributed by atoms with E-state index in [0.29, 0.717) is 36.8 Å². The molecule has 1 unspecified atom stereocenters. The number of fused-ring (bicyclic) bond motifs is 1. The summed E-state index contributed by atoms with van der Waals surface area (Å²) in [6.45, 7) is 4.81. The Morgan fingerprint density at radius 2 is 2.12 bits per heavy atom. The van der Waals surface area contributed by atoms with Crippen molar-refractivity contribution in [1.29, 1.82) is 0 Å². The van der Waals surface area contributed by atoms with Crippen molar-refractivity contribution < 1.29 is 13.9 Å². The Labute approximate surface area is 149 Å². The van der Waals surface area contributed by atoms with E-state index < -0.39 is 0 Å². The molecule has 0 radical (unpaired) electrons. The predicted octanol–water partition coefficient (Wildman–Crippen LogP) is 2.35. The number of aromatic nitrogens is 2. The van der Waals surface area contributed by atoms with Crippen LogP contribution < -0.4 is 5.56 Å². The van der Waals surface area contributed by atoms with Gasteiger partial charge >= 0.3 is 0 Å². The average Bonchev–Trinajstić information content (AvgIpc) is 2.99. The van der Waals surface area contributed by atoms with Crippen LogP contribution in [0, 0.1) is 13.8 Å². The van der Waals surface area contributed by atoms with Gasteiger partial charge in [-0.3, -0.25) is 9.59 Å². The molecule has 1 fully saturated rings. The van der Waals surface area contributed by atoms with Gasteiger partial charge in [0.1, 0.15) is 17.2 Å². The van der Waals surface area contributed by atoms with Crippen molar-refractivity contribution in [2.45, 2.75) is 19.9 Å². The number of amides is 1. The van der Waals surface area contributed by atoms with E-state index in [4.69, 9.17) is 9.15 Å². The van der Waals surface area contributed by atoms with Gasteiger partial charge in [-0.05, 0) is 38.1 Å². The van der Waals surface area contributed by atoms with Crippen LogP contribution in [0.1, 0.15) is 33.7 Å². The molecule has 1 saturated heterocycles. The number of benzene rings is 1. The number of ether oxygens (including phenoxy) is 1. The molecule has 1 atom stereocenters. The Bertz CT molecular complexity index is 1040. The summed E-state index contributed by atoms with van der Waals surface area (Å²) >= 11 is 0. The van der Waals surface area contributed by atoms with Crippen molar-refractivity contribution in [3.05, 3.63) is 63.5 Å². The number of aryl methyl sites for hydroxylation is 2. The van der Waals surface area contributed by atoms with E-state index in [1.165, 1.54) is 6.07 Å². The number of H-pyrrole nitrogens is 1. The third-order valence-corrected chi connectivity index (χ3v) is 4.50. The second-order valence-corrected chi connectivity index (χ2v) is 6.45. The smallest absolute Gasteiger partial charge is 0.254 e. The molecule has 4 rings (SSSR count). The highest BCUT2D eigenvalue weighted by Crippen LogP contribution is 2.26. The van der Waals surface area contributed by atoms with Crippen molar-refractivity contribution in [3.8, 4) is 0 Å². The fraction of sp³-hybridized carbons (Fsp3) is 0.316. The third kappa shape index (κ3) is 3.01. The topological polar surface area (TPSA) is 88.4 Å². The van der Waals surface area contributed by atoms with Gasteiger partial charge in [0.2, 0.25) is 0 Å². The van der Waals surface area contributed by atoms with Gasteiger partial charge in [-0.15, -0.1) is 0 Å². The summed E-state index contributed by atoms with van der Waals surface area (Å²) in [5.74, 6) is 1.21. The van der Waals surface area contributed by atoms with E-state index in [9.17, 15) is 9.59 Å². The van der Waals surface area contributed by atoms with Gasteiger partial charge in [-0.25, -0.2) is 4.98 Å². The first-order valence-electron chi connectivity index (χ1n) is 8.48. The van der Waals surface area contributed by atoms with Crippen LogP contribution in [0.3, 0.4) is 0 Å². The summed E-state index contributed by atoms with van der Waals surface area (Å²) in [7, 11) is 0. The molecule has 7 nitrogen and oxygen atoms in total. The zero-order valence-electron chi connectivity index (χ0n) is 14.6. The lowest BCUT2D eigenvalue weighted by atomic mass is 10.1. The van der Waals surface area contributed by atoms with Crippen molar-refractivity contribution in [1.82, 2.24) is 14.9 Å². The first-order chi connectivity index (χ1) is 12.5. The summed E-state index contributed by atoms with van der Waals surface area (Å²) in [4.78, 5) is 33.7. The number of nitrogens with one attached hydrogen (secondary N) is 1. The molecule has 3 aromatic rings. The molecule has 1 amide bonds. The van der Waals surface area contributed by atoms with Gasteiger partial charge < -0.3 is 19.0 Å². The van der Waals surface area contributed by atoms with Gasteiger partial charge in [-0.2, -0.15) is 0 Å².